The third kappa shape index (κ3) is 3.00. The maximum atomic E-state index is 9.74. The predicted octanol–water partition coefficient (Wildman–Crippen LogP) is 1.07. The normalized spacial score (nSPS) is 18.1. The fraction of sp³-hybridized carbons (Fsp3) is 0.571. The Hall–Kier alpha value is -1.30. The number of ether oxygens (including phenoxy) is 3. The van der Waals surface area contributed by atoms with Crippen LogP contribution < -0.4 is 9.47 Å². The van der Waals surface area contributed by atoms with Gasteiger partial charge in [0, 0.05) is 18.7 Å². The summed E-state index contributed by atoms with van der Waals surface area (Å²) in [7, 11) is 3.24. The van der Waals surface area contributed by atoms with Crippen molar-refractivity contribution in [3.63, 3.8) is 0 Å². The first kappa shape index (κ1) is 14.1. The molecule has 0 saturated carbocycles. The summed E-state index contributed by atoms with van der Waals surface area (Å²) in [6.45, 7) is 3.06. The average molecular weight is 267 g/mol. The summed E-state index contributed by atoms with van der Waals surface area (Å²) in [5, 5.41) is 9.74. The van der Waals surface area contributed by atoms with Gasteiger partial charge in [0.05, 0.1) is 40.1 Å². The molecule has 0 bridgehead atoms. The molecule has 106 valence electrons. The van der Waals surface area contributed by atoms with E-state index in [1.54, 1.807) is 14.2 Å². The van der Waals surface area contributed by atoms with E-state index in [0.29, 0.717) is 24.7 Å². The topological polar surface area (TPSA) is 51.2 Å². The molecule has 5 nitrogen and oxygen atoms in total. The van der Waals surface area contributed by atoms with Gasteiger partial charge in [-0.25, -0.2) is 0 Å². The van der Waals surface area contributed by atoms with Gasteiger partial charge in [0.15, 0.2) is 11.5 Å². The molecule has 0 aliphatic carbocycles. The highest BCUT2D eigenvalue weighted by atomic mass is 16.5. The van der Waals surface area contributed by atoms with Crippen LogP contribution >= 0.6 is 0 Å². The van der Waals surface area contributed by atoms with Crippen molar-refractivity contribution in [2.75, 3.05) is 47.1 Å². The monoisotopic (exact) mass is 267 g/mol. The van der Waals surface area contributed by atoms with Gasteiger partial charge in [-0.2, -0.15) is 0 Å². The second-order valence-corrected chi connectivity index (χ2v) is 4.43. The fourth-order valence-electron chi connectivity index (χ4n) is 2.47. The van der Waals surface area contributed by atoms with Crippen molar-refractivity contribution in [1.29, 1.82) is 0 Å². The summed E-state index contributed by atoms with van der Waals surface area (Å²) in [5.74, 6) is 1.38. The van der Waals surface area contributed by atoms with Crippen LogP contribution in [0.5, 0.6) is 11.5 Å². The van der Waals surface area contributed by atoms with Gasteiger partial charge in [0.2, 0.25) is 0 Å². The molecule has 1 atom stereocenters. The van der Waals surface area contributed by atoms with E-state index in [0.717, 1.165) is 18.7 Å². The highest BCUT2D eigenvalue weighted by Crippen LogP contribution is 2.36. The zero-order valence-electron chi connectivity index (χ0n) is 11.5. The molecule has 1 fully saturated rings. The number of aliphatic hydroxyl groups is 1. The fourth-order valence-corrected chi connectivity index (χ4v) is 2.47. The van der Waals surface area contributed by atoms with Gasteiger partial charge in [-0.05, 0) is 6.07 Å². The molecule has 2 rings (SSSR count). The van der Waals surface area contributed by atoms with E-state index in [1.165, 1.54) is 0 Å². The second kappa shape index (κ2) is 6.75. The highest BCUT2D eigenvalue weighted by Gasteiger charge is 2.25. The molecule has 0 aromatic heterocycles. The number of morpholine rings is 1. The zero-order chi connectivity index (χ0) is 13.7. The van der Waals surface area contributed by atoms with Gasteiger partial charge < -0.3 is 19.3 Å². The standard InChI is InChI=1S/C14H21NO4/c1-17-13-5-3-4-11(14(13)18-2)12(10-16)15-6-8-19-9-7-15/h3-5,12,16H,6-10H2,1-2H3/t12-/m1/s1. The largest absolute Gasteiger partial charge is 0.493 e. The first-order valence-corrected chi connectivity index (χ1v) is 6.45. The van der Waals surface area contributed by atoms with E-state index in [2.05, 4.69) is 4.90 Å². The predicted molar refractivity (Wildman–Crippen MR) is 71.8 cm³/mol. The molecule has 0 amide bonds. The number of benzene rings is 1. The molecule has 19 heavy (non-hydrogen) atoms. The molecule has 1 aliphatic rings. The molecular formula is C14H21NO4. The number of methoxy groups -OCH3 is 2. The van der Waals surface area contributed by atoms with Crippen LogP contribution in [0.2, 0.25) is 0 Å². The second-order valence-electron chi connectivity index (χ2n) is 4.43. The molecule has 5 heteroatoms. The summed E-state index contributed by atoms with van der Waals surface area (Å²) in [6, 6.07) is 5.65. The lowest BCUT2D eigenvalue weighted by Crippen LogP contribution is -2.40. The Kier molecular flexibility index (Phi) is 5.01. The van der Waals surface area contributed by atoms with Gasteiger partial charge in [-0.1, -0.05) is 12.1 Å². The minimum Gasteiger partial charge on any atom is -0.493 e. The summed E-state index contributed by atoms with van der Waals surface area (Å²) >= 11 is 0. The summed E-state index contributed by atoms with van der Waals surface area (Å²) in [6.07, 6.45) is 0. The smallest absolute Gasteiger partial charge is 0.165 e. The van der Waals surface area contributed by atoms with Gasteiger partial charge in [-0.15, -0.1) is 0 Å². The Bertz CT molecular complexity index is 404. The third-order valence-electron chi connectivity index (χ3n) is 3.45. The van der Waals surface area contributed by atoms with Gasteiger partial charge in [-0.3, -0.25) is 4.90 Å². The Morgan fingerprint density at radius 1 is 1.26 bits per heavy atom. The lowest BCUT2D eigenvalue weighted by molar-refractivity contribution is 0.00198. The van der Waals surface area contributed by atoms with E-state index in [9.17, 15) is 5.11 Å². The number of hydrogen-bond donors (Lipinski definition) is 1. The lowest BCUT2D eigenvalue weighted by atomic mass is 10.0. The molecule has 1 aromatic carbocycles. The molecule has 1 N–H and O–H groups in total. The van der Waals surface area contributed by atoms with Crippen LogP contribution in [0.15, 0.2) is 18.2 Å². The summed E-state index contributed by atoms with van der Waals surface area (Å²) in [4.78, 5) is 2.21. The lowest BCUT2D eigenvalue weighted by Gasteiger charge is -2.34. The average Bonchev–Trinajstić information content (AvgIpc) is 2.48. The van der Waals surface area contributed by atoms with Gasteiger partial charge >= 0.3 is 0 Å². The number of rotatable bonds is 5. The van der Waals surface area contributed by atoms with Crippen molar-refractivity contribution in [1.82, 2.24) is 4.90 Å². The number of nitrogens with zero attached hydrogens (tertiary/aromatic N) is 1. The van der Waals surface area contributed by atoms with Crippen LogP contribution in [-0.4, -0.2) is 57.1 Å². The van der Waals surface area contributed by atoms with E-state index in [1.807, 2.05) is 18.2 Å². The molecule has 0 radical (unpaired) electrons. The number of aliphatic hydroxyl groups excluding tert-OH is 1. The molecule has 0 spiro atoms. The minimum absolute atomic E-state index is 0.0452. The van der Waals surface area contributed by atoms with Crippen molar-refractivity contribution >= 4 is 0 Å². The maximum Gasteiger partial charge on any atom is 0.165 e. The van der Waals surface area contributed by atoms with Crippen molar-refractivity contribution < 1.29 is 19.3 Å². The molecule has 0 unspecified atom stereocenters. The molecule has 1 heterocycles. The summed E-state index contributed by atoms with van der Waals surface area (Å²) in [5.41, 5.74) is 0.950. The van der Waals surface area contributed by atoms with Gasteiger partial charge in [0.1, 0.15) is 0 Å². The Labute approximate surface area is 113 Å². The van der Waals surface area contributed by atoms with Gasteiger partial charge in [0.25, 0.3) is 0 Å². The maximum absolute atomic E-state index is 9.74. The quantitative estimate of drug-likeness (QED) is 0.865. The number of hydrogen-bond acceptors (Lipinski definition) is 5. The number of para-hydroxylation sites is 1. The van der Waals surface area contributed by atoms with E-state index in [4.69, 9.17) is 14.2 Å². The van der Waals surface area contributed by atoms with Crippen LogP contribution in [0.3, 0.4) is 0 Å². The Morgan fingerprint density at radius 3 is 2.58 bits per heavy atom. The van der Waals surface area contributed by atoms with E-state index >= 15 is 0 Å². The van der Waals surface area contributed by atoms with Crippen LogP contribution in [0, 0.1) is 0 Å². The summed E-state index contributed by atoms with van der Waals surface area (Å²) < 4.78 is 16.1. The van der Waals surface area contributed by atoms with Crippen molar-refractivity contribution in [2.24, 2.45) is 0 Å². The van der Waals surface area contributed by atoms with Crippen LogP contribution in [-0.2, 0) is 4.74 Å². The van der Waals surface area contributed by atoms with Crippen molar-refractivity contribution in [2.45, 2.75) is 6.04 Å². The first-order chi connectivity index (χ1) is 9.31. The van der Waals surface area contributed by atoms with Crippen LogP contribution in [0.1, 0.15) is 11.6 Å². The minimum atomic E-state index is -0.0889. The molecule has 1 aromatic rings. The highest BCUT2D eigenvalue weighted by molar-refractivity contribution is 5.48. The van der Waals surface area contributed by atoms with E-state index < -0.39 is 0 Å². The first-order valence-electron chi connectivity index (χ1n) is 6.45. The molecule has 1 saturated heterocycles. The molecule has 1 aliphatic heterocycles. The van der Waals surface area contributed by atoms with Crippen LogP contribution in [0.4, 0.5) is 0 Å². The van der Waals surface area contributed by atoms with E-state index in [-0.39, 0.29) is 12.6 Å². The van der Waals surface area contributed by atoms with Crippen molar-refractivity contribution in [3.8, 4) is 11.5 Å². The van der Waals surface area contributed by atoms with Crippen LogP contribution in [0.25, 0.3) is 0 Å². The third-order valence-corrected chi connectivity index (χ3v) is 3.45. The zero-order valence-corrected chi connectivity index (χ0v) is 11.5. The van der Waals surface area contributed by atoms with Crippen molar-refractivity contribution in [3.05, 3.63) is 23.8 Å². The Morgan fingerprint density at radius 2 is 2.00 bits per heavy atom. The SMILES string of the molecule is COc1cccc([C@@H](CO)N2CCOCC2)c1OC. The molecular weight excluding hydrogens is 246 g/mol. The Balaban J connectivity index is 2.31.